The monoisotopic (exact) mass is 412 g/mol. The van der Waals surface area contributed by atoms with Crippen molar-refractivity contribution in [2.45, 2.75) is 13.3 Å². The molecule has 0 unspecified atom stereocenters. The van der Waals surface area contributed by atoms with Gasteiger partial charge in [0.1, 0.15) is 18.0 Å². The number of carbonyl (C=O) groups excluding carboxylic acids is 1. The van der Waals surface area contributed by atoms with Gasteiger partial charge in [-0.15, -0.1) is 0 Å². The van der Waals surface area contributed by atoms with Crippen LogP contribution in [0.25, 0.3) is 5.65 Å². The molecule has 6 nitrogen and oxygen atoms in total. The molecule has 29 heavy (non-hydrogen) atoms. The van der Waals surface area contributed by atoms with E-state index in [1.807, 2.05) is 65.0 Å². The zero-order chi connectivity index (χ0) is 20.2. The number of hydrogen-bond donors (Lipinski definition) is 0. The van der Waals surface area contributed by atoms with E-state index in [9.17, 15) is 4.79 Å². The van der Waals surface area contributed by atoms with Crippen LogP contribution in [-0.2, 0) is 11.2 Å². The van der Waals surface area contributed by atoms with Gasteiger partial charge in [0.2, 0.25) is 5.91 Å². The summed E-state index contributed by atoms with van der Waals surface area (Å²) in [5.74, 6) is 0.967. The van der Waals surface area contributed by atoms with Crippen LogP contribution in [0.1, 0.15) is 11.3 Å². The van der Waals surface area contributed by atoms with Crippen LogP contribution in [-0.4, -0.2) is 64.4 Å². The van der Waals surface area contributed by atoms with Gasteiger partial charge in [-0.3, -0.25) is 9.69 Å². The zero-order valence-electron chi connectivity index (χ0n) is 16.6. The number of imidazole rings is 1. The van der Waals surface area contributed by atoms with Crippen LogP contribution in [0.2, 0.25) is 5.02 Å². The Labute approximate surface area is 175 Å². The molecule has 1 amide bonds. The molecule has 0 N–H and O–H groups in total. The van der Waals surface area contributed by atoms with Gasteiger partial charge in [0.15, 0.2) is 0 Å². The number of nitrogens with zero attached hydrogens (tertiary/aromatic N) is 4. The van der Waals surface area contributed by atoms with Gasteiger partial charge in [0, 0.05) is 50.1 Å². The van der Waals surface area contributed by atoms with Gasteiger partial charge < -0.3 is 14.0 Å². The Kier molecular flexibility index (Phi) is 6.02. The lowest BCUT2D eigenvalue weighted by Gasteiger charge is -2.34. The third kappa shape index (κ3) is 4.89. The van der Waals surface area contributed by atoms with Crippen molar-refractivity contribution in [2.75, 3.05) is 39.3 Å². The number of rotatable bonds is 6. The molecule has 4 rings (SSSR count). The number of amides is 1. The van der Waals surface area contributed by atoms with Crippen molar-refractivity contribution in [1.29, 1.82) is 0 Å². The van der Waals surface area contributed by atoms with Crippen LogP contribution in [0, 0.1) is 6.92 Å². The molecule has 3 aromatic rings. The first-order chi connectivity index (χ1) is 14.1. The molecule has 0 aliphatic carbocycles. The summed E-state index contributed by atoms with van der Waals surface area (Å²) in [5.41, 5.74) is 2.85. The molecule has 3 heterocycles. The Morgan fingerprint density at radius 1 is 1.14 bits per heavy atom. The normalized spacial score (nSPS) is 15.0. The summed E-state index contributed by atoms with van der Waals surface area (Å²) in [6.45, 7) is 6.70. The minimum absolute atomic E-state index is 0.142. The van der Waals surface area contributed by atoms with Gasteiger partial charge in [-0.05, 0) is 42.8 Å². The number of piperazine rings is 1. The first kappa shape index (κ1) is 19.7. The second-order valence-electron chi connectivity index (χ2n) is 7.36. The summed E-state index contributed by atoms with van der Waals surface area (Å²) < 4.78 is 7.75. The van der Waals surface area contributed by atoms with E-state index in [-0.39, 0.29) is 5.91 Å². The maximum Gasteiger partial charge on any atom is 0.228 e. The lowest BCUT2D eigenvalue weighted by molar-refractivity contribution is -0.132. The summed E-state index contributed by atoms with van der Waals surface area (Å²) in [5, 5.41) is 0.705. The largest absolute Gasteiger partial charge is 0.492 e. The summed E-state index contributed by atoms with van der Waals surface area (Å²) in [6.07, 6.45) is 4.26. The van der Waals surface area contributed by atoms with E-state index in [0.717, 1.165) is 55.4 Å². The average molecular weight is 413 g/mol. The number of carbonyl (C=O) groups is 1. The van der Waals surface area contributed by atoms with Crippen LogP contribution in [0.3, 0.4) is 0 Å². The number of fused-ring (bicyclic) bond motifs is 1. The van der Waals surface area contributed by atoms with Crippen LogP contribution in [0.15, 0.2) is 48.8 Å². The van der Waals surface area contributed by atoms with Crippen LogP contribution >= 0.6 is 11.6 Å². The molecule has 0 bridgehead atoms. The fourth-order valence-corrected chi connectivity index (χ4v) is 3.73. The van der Waals surface area contributed by atoms with Crippen molar-refractivity contribution < 1.29 is 9.53 Å². The van der Waals surface area contributed by atoms with Crippen LogP contribution < -0.4 is 4.74 Å². The molecule has 7 heteroatoms. The van der Waals surface area contributed by atoms with Crippen molar-refractivity contribution in [3.8, 4) is 5.75 Å². The van der Waals surface area contributed by atoms with Crippen LogP contribution in [0.4, 0.5) is 0 Å². The summed E-state index contributed by atoms with van der Waals surface area (Å²) >= 11 is 5.88. The summed E-state index contributed by atoms with van der Waals surface area (Å²) in [4.78, 5) is 21.6. The molecule has 1 aliphatic heterocycles. The SMILES string of the molecule is Cc1cccn2cc(CC(=O)N3CCN(CCOc4ccc(Cl)cc4)CC3)nc12. The molecule has 1 aliphatic rings. The highest BCUT2D eigenvalue weighted by Gasteiger charge is 2.22. The second-order valence-corrected chi connectivity index (χ2v) is 7.79. The van der Waals surface area contributed by atoms with Crippen molar-refractivity contribution in [3.63, 3.8) is 0 Å². The number of hydrogen-bond acceptors (Lipinski definition) is 4. The number of pyridine rings is 1. The number of halogens is 1. The van der Waals surface area contributed by atoms with Gasteiger partial charge in [0.05, 0.1) is 12.1 Å². The van der Waals surface area contributed by atoms with E-state index >= 15 is 0 Å². The maximum atomic E-state index is 12.7. The average Bonchev–Trinajstić information content (AvgIpc) is 3.14. The van der Waals surface area contributed by atoms with Crippen LogP contribution in [0.5, 0.6) is 5.75 Å². The quantitative estimate of drug-likeness (QED) is 0.624. The highest BCUT2D eigenvalue weighted by Crippen LogP contribution is 2.16. The topological polar surface area (TPSA) is 50.1 Å². The third-order valence-corrected chi connectivity index (χ3v) is 5.53. The molecule has 0 saturated carbocycles. The highest BCUT2D eigenvalue weighted by atomic mass is 35.5. The Hall–Kier alpha value is -2.57. The fraction of sp³-hybridized carbons (Fsp3) is 0.364. The maximum absolute atomic E-state index is 12.7. The van der Waals surface area contributed by atoms with Crippen molar-refractivity contribution in [3.05, 3.63) is 65.1 Å². The number of ether oxygens (including phenoxy) is 1. The Morgan fingerprint density at radius 2 is 1.90 bits per heavy atom. The van der Waals surface area contributed by atoms with Crippen molar-refractivity contribution in [1.82, 2.24) is 19.2 Å². The van der Waals surface area contributed by atoms with Gasteiger partial charge in [-0.2, -0.15) is 0 Å². The minimum atomic E-state index is 0.142. The summed E-state index contributed by atoms with van der Waals surface area (Å²) in [7, 11) is 0. The molecule has 0 spiro atoms. The smallest absolute Gasteiger partial charge is 0.228 e. The molecular weight excluding hydrogens is 388 g/mol. The minimum Gasteiger partial charge on any atom is -0.492 e. The molecule has 1 saturated heterocycles. The lowest BCUT2D eigenvalue weighted by Crippen LogP contribution is -2.50. The van der Waals surface area contributed by atoms with E-state index in [1.54, 1.807) is 0 Å². The predicted octanol–water partition coefficient (Wildman–Crippen LogP) is 3.06. The Morgan fingerprint density at radius 3 is 2.62 bits per heavy atom. The third-order valence-electron chi connectivity index (χ3n) is 5.28. The van der Waals surface area contributed by atoms with E-state index in [2.05, 4.69) is 9.88 Å². The van der Waals surface area contributed by atoms with Crippen molar-refractivity contribution in [2.24, 2.45) is 0 Å². The van der Waals surface area contributed by atoms with Crippen molar-refractivity contribution >= 4 is 23.2 Å². The predicted molar refractivity (Wildman–Crippen MR) is 114 cm³/mol. The van der Waals surface area contributed by atoms with E-state index < -0.39 is 0 Å². The highest BCUT2D eigenvalue weighted by molar-refractivity contribution is 6.30. The zero-order valence-corrected chi connectivity index (χ0v) is 17.3. The van der Waals surface area contributed by atoms with Gasteiger partial charge in [0.25, 0.3) is 0 Å². The summed E-state index contributed by atoms with van der Waals surface area (Å²) in [6, 6.07) is 11.4. The molecule has 152 valence electrons. The second kappa shape index (κ2) is 8.84. The molecular formula is C22H25ClN4O2. The standard InChI is InChI=1S/C22H25ClN4O2/c1-17-3-2-8-27-16-19(24-22(17)27)15-21(28)26-11-9-25(10-12-26)13-14-29-20-6-4-18(23)5-7-20/h2-8,16H,9-15H2,1H3. The Bertz CT molecular complexity index is 978. The fourth-order valence-electron chi connectivity index (χ4n) is 3.60. The molecule has 2 aromatic heterocycles. The van der Waals surface area contributed by atoms with E-state index in [1.165, 1.54) is 0 Å². The Balaban J connectivity index is 1.22. The lowest BCUT2D eigenvalue weighted by atomic mass is 10.2. The number of aryl methyl sites for hydroxylation is 1. The van der Waals surface area contributed by atoms with E-state index in [0.29, 0.717) is 18.1 Å². The number of aromatic nitrogens is 2. The first-order valence-electron chi connectivity index (χ1n) is 9.90. The first-order valence-corrected chi connectivity index (χ1v) is 10.3. The molecule has 0 radical (unpaired) electrons. The van der Waals surface area contributed by atoms with Gasteiger partial charge in [-0.25, -0.2) is 4.98 Å². The number of benzene rings is 1. The van der Waals surface area contributed by atoms with E-state index in [4.69, 9.17) is 16.3 Å². The molecule has 1 aromatic carbocycles. The van der Waals surface area contributed by atoms with Gasteiger partial charge in [-0.1, -0.05) is 17.7 Å². The molecule has 1 fully saturated rings. The molecule has 0 atom stereocenters. The van der Waals surface area contributed by atoms with Gasteiger partial charge >= 0.3 is 0 Å².